The van der Waals surface area contributed by atoms with E-state index in [0.717, 1.165) is 31.3 Å². The van der Waals surface area contributed by atoms with Crippen molar-refractivity contribution in [3.8, 4) is 17.4 Å². The number of thiophene rings is 1. The molecule has 1 amide bonds. The Morgan fingerprint density at radius 1 is 1.17 bits per heavy atom. The number of fused-ring (bicyclic) bond motifs is 2. The van der Waals surface area contributed by atoms with Gasteiger partial charge in [0.1, 0.15) is 38.5 Å². The number of hydrogen-bond acceptors (Lipinski definition) is 8. The minimum atomic E-state index is -0.604. The number of hydrogen-bond donors (Lipinski definition) is 2. The molecule has 0 saturated carbocycles. The predicted octanol–water partition coefficient (Wildman–Crippen LogP) is 4.33. The van der Waals surface area contributed by atoms with Gasteiger partial charge in [0.15, 0.2) is 0 Å². The minimum absolute atomic E-state index is 0.247. The maximum atomic E-state index is 12.1. The highest BCUT2D eigenvalue weighted by Gasteiger charge is 2.31. The number of pyridine rings is 1. The van der Waals surface area contributed by atoms with Gasteiger partial charge in [-0.15, -0.1) is 11.3 Å². The molecule has 0 atom stereocenters. The number of likely N-dealkylation sites (tertiary alicyclic amines) is 1. The van der Waals surface area contributed by atoms with Gasteiger partial charge in [0, 0.05) is 29.9 Å². The van der Waals surface area contributed by atoms with Gasteiger partial charge < -0.3 is 25.7 Å². The van der Waals surface area contributed by atoms with E-state index >= 15 is 0 Å². The van der Waals surface area contributed by atoms with Crippen molar-refractivity contribution >= 4 is 49.9 Å². The topological polar surface area (TPSA) is 125 Å². The summed E-state index contributed by atoms with van der Waals surface area (Å²) in [6.07, 6.45) is 4.62. The molecule has 2 aliphatic rings. The first kappa shape index (κ1) is 21.9. The molecule has 0 aliphatic carbocycles. The van der Waals surface area contributed by atoms with E-state index in [1.807, 2.05) is 30.3 Å². The van der Waals surface area contributed by atoms with E-state index < -0.39 is 5.91 Å². The number of nitrogens with zero attached hydrogens (tertiary/aromatic N) is 4. The van der Waals surface area contributed by atoms with Gasteiger partial charge in [0.2, 0.25) is 0 Å². The average molecular weight is 487 g/mol. The van der Waals surface area contributed by atoms with Crippen molar-refractivity contribution < 1.29 is 9.21 Å². The molecule has 5 heterocycles. The van der Waals surface area contributed by atoms with Gasteiger partial charge in [-0.1, -0.05) is 18.2 Å². The summed E-state index contributed by atoms with van der Waals surface area (Å²) in [6, 6.07) is 12.6. The van der Waals surface area contributed by atoms with E-state index in [1.54, 1.807) is 0 Å². The lowest BCUT2D eigenvalue weighted by molar-refractivity contribution is 0.100. The van der Waals surface area contributed by atoms with Crippen LogP contribution in [0, 0.1) is 11.3 Å². The Balaban J connectivity index is 1.50. The Hall–Kier alpha value is -3.61. The first-order valence-electron chi connectivity index (χ1n) is 12.0. The third-order valence-electron chi connectivity index (χ3n) is 7.29. The van der Waals surface area contributed by atoms with Gasteiger partial charge in [-0.2, -0.15) is 5.26 Å². The summed E-state index contributed by atoms with van der Waals surface area (Å²) in [5.74, 6) is 0.545. The summed E-state index contributed by atoms with van der Waals surface area (Å²) < 4.78 is 6.19. The summed E-state index contributed by atoms with van der Waals surface area (Å²) in [7, 11) is 0. The number of furan rings is 1. The number of piperidine rings is 1. The number of nitrogens with two attached hydrogens (primary N) is 2. The fourth-order valence-electron chi connectivity index (χ4n) is 5.56. The predicted molar refractivity (Wildman–Crippen MR) is 139 cm³/mol. The van der Waals surface area contributed by atoms with Gasteiger partial charge >= 0.3 is 0 Å². The quantitative estimate of drug-likeness (QED) is 0.440. The third-order valence-corrected chi connectivity index (χ3v) is 8.40. The Kier molecular flexibility index (Phi) is 5.35. The van der Waals surface area contributed by atoms with Crippen LogP contribution in [0.25, 0.3) is 32.5 Å². The minimum Gasteiger partial charge on any atom is -0.456 e. The molecule has 2 aliphatic heterocycles. The summed E-state index contributed by atoms with van der Waals surface area (Å²) in [4.78, 5) is 22.6. The van der Waals surface area contributed by atoms with Crippen LogP contribution in [-0.2, 0) is 0 Å². The smallest absolute Gasteiger partial charge is 0.260 e. The van der Waals surface area contributed by atoms with E-state index in [0.29, 0.717) is 44.5 Å². The van der Waals surface area contributed by atoms with Crippen LogP contribution in [0.1, 0.15) is 40.9 Å². The van der Waals surface area contributed by atoms with Crippen LogP contribution in [0.3, 0.4) is 0 Å². The molecule has 0 bridgehead atoms. The van der Waals surface area contributed by atoms with Crippen LogP contribution in [0.15, 0.2) is 34.7 Å². The maximum Gasteiger partial charge on any atom is 0.260 e. The van der Waals surface area contributed by atoms with Crippen molar-refractivity contribution in [3.63, 3.8) is 0 Å². The van der Waals surface area contributed by atoms with E-state index in [1.165, 1.54) is 37.3 Å². The number of rotatable bonds is 4. The van der Waals surface area contributed by atoms with Crippen molar-refractivity contribution in [2.24, 2.45) is 5.73 Å². The molecule has 4 aromatic rings. The van der Waals surface area contributed by atoms with Crippen LogP contribution in [-0.4, -0.2) is 48.0 Å². The summed E-state index contributed by atoms with van der Waals surface area (Å²) >= 11 is 1.17. The number of aromatic nitrogens is 1. The lowest BCUT2D eigenvalue weighted by Gasteiger charge is -2.37. The van der Waals surface area contributed by atoms with Crippen molar-refractivity contribution in [1.82, 2.24) is 9.88 Å². The average Bonchev–Trinajstić information content (AvgIpc) is 3.62. The molecule has 2 fully saturated rings. The maximum absolute atomic E-state index is 12.1. The van der Waals surface area contributed by atoms with Crippen molar-refractivity contribution in [2.75, 3.05) is 36.8 Å². The van der Waals surface area contributed by atoms with Crippen LogP contribution in [0.5, 0.6) is 0 Å². The molecule has 0 radical (unpaired) electrons. The molecule has 1 aromatic carbocycles. The Morgan fingerprint density at radius 3 is 2.60 bits per heavy atom. The van der Waals surface area contributed by atoms with E-state index in [9.17, 15) is 10.1 Å². The number of amides is 1. The number of nitriles is 1. The van der Waals surface area contributed by atoms with Crippen LogP contribution in [0.2, 0.25) is 0 Å². The van der Waals surface area contributed by atoms with Gasteiger partial charge in [0.25, 0.3) is 5.91 Å². The second-order valence-electron chi connectivity index (χ2n) is 9.30. The molecule has 0 spiro atoms. The van der Waals surface area contributed by atoms with E-state index in [4.69, 9.17) is 20.9 Å². The van der Waals surface area contributed by atoms with Gasteiger partial charge in [0.05, 0.1) is 11.3 Å². The second kappa shape index (κ2) is 8.56. The second-order valence-corrected chi connectivity index (χ2v) is 10.3. The summed E-state index contributed by atoms with van der Waals surface area (Å²) in [5.41, 5.74) is 14.0. The first-order chi connectivity index (χ1) is 17.0. The van der Waals surface area contributed by atoms with Gasteiger partial charge in [-0.25, -0.2) is 4.98 Å². The number of benzene rings is 1. The number of carbonyl (C=O) groups is 1. The number of primary amides is 1. The number of anilines is 2. The van der Waals surface area contributed by atoms with Crippen LogP contribution in [0.4, 0.5) is 11.5 Å². The lowest BCUT2D eigenvalue weighted by atomic mass is 9.99. The third kappa shape index (κ3) is 3.61. The van der Waals surface area contributed by atoms with Gasteiger partial charge in [-0.05, 0) is 50.9 Å². The highest BCUT2D eigenvalue weighted by atomic mass is 32.1. The highest BCUT2D eigenvalue weighted by Crippen LogP contribution is 2.45. The van der Waals surface area contributed by atoms with Crippen molar-refractivity contribution in [2.45, 2.75) is 31.7 Å². The zero-order valence-electron chi connectivity index (χ0n) is 19.3. The van der Waals surface area contributed by atoms with Crippen LogP contribution < -0.4 is 16.4 Å². The summed E-state index contributed by atoms with van der Waals surface area (Å²) in [5, 5.41) is 11.8. The fourth-order valence-corrected chi connectivity index (χ4v) is 6.51. The Bertz CT molecular complexity index is 1450. The fraction of sp³-hybridized carbons (Fsp3) is 0.346. The Morgan fingerprint density at radius 2 is 1.91 bits per heavy atom. The molecule has 178 valence electrons. The highest BCUT2D eigenvalue weighted by molar-refractivity contribution is 7.21. The van der Waals surface area contributed by atoms with E-state index in [-0.39, 0.29) is 10.6 Å². The molecule has 35 heavy (non-hydrogen) atoms. The molecule has 2 saturated heterocycles. The lowest BCUT2D eigenvalue weighted by Crippen LogP contribution is -2.44. The molecule has 0 unspecified atom stereocenters. The number of nitrogen functional groups attached to an aromatic ring is 1. The zero-order chi connectivity index (χ0) is 24.1. The number of carbonyl (C=O) groups excluding carboxylic acids is 1. The van der Waals surface area contributed by atoms with Crippen molar-refractivity contribution in [1.29, 1.82) is 5.26 Å². The monoisotopic (exact) mass is 486 g/mol. The molecule has 4 N–H and O–H groups in total. The molecular weight excluding hydrogens is 460 g/mol. The molecular formula is C26H26N6O2S. The Labute approximate surface area is 206 Å². The SMILES string of the molecule is N#Cc1c(N2CCC(N3CCCC3)CC2)nc2sc(C(N)=O)c(N)c2c1-c1cc2ccccc2o1. The standard InChI is InChI=1S/C26H26N6O2S/c27-14-17-20(19-13-15-5-1-2-6-18(15)34-19)21-22(28)23(24(29)33)35-26(21)30-25(17)32-11-7-16(8-12-32)31-9-3-4-10-31/h1-2,5-6,13,16H,3-4,7-12,28H2,(H2,29,33). The normalized spacial score (nSPS) is 17.4. The first-order valence-corrected chi connectivity index (χ1v) is 12.8. The van der Waals surface area contributed by atoms with Crippen molar-refractivity contribution in [3.05, 3.63) is 40.8 Å². The molecule has 8 nitrogen and oxygen atoms in total. The van der Waals surface area contributed by atoms with E-state index in [2.05, 4.69) is 15.9 Å². The summed E-state index contributed by atoms with van der Waals surface area (Å²) in [6.45, 7) is 3.99. The van der Waals surface area contributed by atoms with Gasteiger partial charge in [-0.3, -0.25) is 4.79 Å². The largest absolute Gasteiger partial charge is 0.456 e. The molecule has 6 rings (SSSR count). The van der Waals surface area contributed by atoms with Crippen LogP contribution >= 0.6 is 11.3 Å². The number of para-hydroxylation sites is 1. The zero-order valence-corrected chi connectivity index (χ0v) is 20.1. The molecule has 9 heteroatoms. The molecule has 3 aromatic heterocycles.